The van der Waals surface area contributed by atoms with Crippen LogP contribution in [0.1, 0.15) is 40.5 Å². The van der Waals surface area contributed by atoms with Crippen molar-refractivity contribution >= 4 is 11.8 Å². The molecule has 0 radical (unpaired) electrons. The van der Waals surface area contributed by atoms with Crippen molar-refractivity contribution in [3.05, 3.63) is 0 Å². The molecule has 1 N–H and O–H groups in total. The van der Waals surface area contributed by atoms with Gasteiger partial charge in [-0.3, -0.25) is 0 Å². The van der Waals surface area contributed by atoms with Gasteiger partial charge in [-0.05, 0) is 24.0 Å². The molecule has 1 unspecified atom stereocenters. The lowest BCUT2D eigenvalue weighted by atomic mass is 10.1. The van der Waals surface area contributed by atoms with Crippen LogP contribution in [0.5, 0.6) is 0 Å². The fourth-order valence-corrected chi connectivity index (χ4v) is 1.69. The van der Waals surface area contributed by atoms with E-state index in [9.17, 15) is 5.11 Å². The van der Waals surface area contributed by atoms with Crippen molar-refractivity contribution in [1.82, 2.24) is 0 Å². The van der Waals surface area contributed by atoms with E-state index in [4.69, 9.17) is 0 Å². The predicted molar refractivity (Wildman–Crippen MR) is 57.7 cm³/mol. The first-order chi connectivity index (χ1) is 5.52. The second-order valence-corrected chi connectivity index (χ2v) is 5.62. The van der Waals surface area contributed by atoms with Crippen LogP contribution in [0.25, 0.3) is 0 Å². The molecule has 0 aromatic heterocycles. The van der Waals surface area contributed by atoms with Crippen LogP contribution in [-0.2, 0) is 0 Å². The SMILES string of the molecule is CC(C)CCC(O)CSC(C)C. The van der Waals surface area contributed by atoms with Gasteiger partial charge in [-0.15, -0.1) is 0 Å². The van der Waals surface area contributed by atoms with Crippen molar-refractivity contribution in [3.63, 3.8) is 0 Å². The van der Waals surface area contributed by atoms with Crippen LogP contribution in [-0.4, -0.2) is 22.2 Å². The van der Waals surface area contributed by atoms with Crippen LogP contribution in [0.4, 0.5) is 0 Å². The van der Waals surface area contributed by atoms with Crippen LogP contribution in [0, 0.1) is 5.92 Å². The molecule has 0 aliphatic rings. The summed E-state index contributed by atoms with van der Waals surface area (Å²) in [6.07, 6.45) is 2.00. The normalized spacial score (nSPS) is 14.2. The standard InChI is InChI=1S/C10H22OS/c1-8(2)5-6-10(11)7-12-9(3)4/h8-11H,5-7H2,1-4H3. The van der Waals surface area contributed by atoms with E-state index in [1.807, 2.05) is 11.8 Å². The number of hydrogen-bond acceptors (Lipinski definition) is 2. The highest BCUT2D eigenvalue weighted by Crippen LogP contribution is 2.14. The Morgan fingerprint density at radius 1 is 1.08 bits per heavy atom. The molecular weight excluding hydrogens is 168 g/mol. The Balaban J connectivity index is 3.27. The Kier molecular flexibility index (Phi) is 6.96. The molecule has 0 bridgehead atoms. The predicted octanol–water partition coefficient (Wildman–Crippen LogP) is 2.93. The average Bonchev–Trinajstić information content (AvgIpc) is 1.96. The third-order valence-electron chi connectivity index (χ3n) is 1.70. The number of thioether (sulfide) groups is 1. The van der Waals surface area contributed by atoms with Gasteiger partial charge in [0.2, 0.25) is 0 Å². The van der Waals surface area contributed by atoms with Gasteiger partial charge in [-0.25, -0.2) is 0 Å². The van der Waals surface area contributed by atoms with Crippen LogP contribution >= 0.6 is 11.8 Å². The fraction of sp³-hybridized carbons (Fsp3) is 1.00. The maximum Gasteiger partial charge on any atom is 0.0630 e. The first-order valence-corrected chi connectivity index (χ1v) is 5.87. The number of aliphatic hydroxyl groups is 1. The molecule has 0 aromatic rings. The van der Waals surface area contributed by atoms with E-state index in [-0.39, 0.29) is 6.10 Å². The summed E-state index contributed by atoms with van der Waals surface area (Å²) in [6.45, 7) is 8.73. The lowest BCUT2D eigenvalue weighted by molar-refractivity contribution is 0.180. The van der Waals surface area contributed by atoms with E-state index in [0.29, 0.717) is 11.2 Å². The van der Waals surface area contributed by atoms with Gasteiger partial charge in [0, 0.05) is 5.75 Å². The van der Waals surface area contributed by atoms with Crippen LogP contribution in [0.3, 0.4) is 0 Å². The summed E-state index contributed by atoms with van der Waals surface area (Å²) in [7, 11) is 0. The number of hydrogen-bond donors (Lipinski definition) is 1. The summed E-state index contributed by atoms with van der Waals surface area (Å²) in [4.78, 5) is 0. The minimum atomic E-state index is -0.0974. The third kappa shape index (κ3) is 8.41. The van der Waals surface area contributed by atoms with Gasteiger partial charge in [0.25, 0.3) is 0 Å². The Labute approximate surface area is 80.9 Å². The maximum absolute atomic E-state index is 9.53. The molecule has 2 heteroatoms. The summed E-state index contributed by atoms with van der Waals surface area (Å²) < 4.78 is 0. The van der Waals surface area contributed by atoms with E-state index < -0.39 is 0 Å². The first kappa shape index (κ1) is 12.3. The Hall–Kier alpha value is 0.310. The van der Waals surface area contributed by atoms with Gasteiger partial charge in [-0.2, -0.15) is 11.8 Å². The monoisotopic (exact) mass is 190 g/mol. The molecule has 0 amide bonds. The van der Waals surface area contributed by atoms with Crippen molar-refractivity contribution in [1.29, 1.82) is 0 Å². The van der Waals surface area contributed by atoms with Crippen molar-refractivity contribution < 1.29 is 5.11 Å². The van der Waals surface area contributed by atoms with Gasteiger partial charge < -0.3 is 5.11 Å². The van der Waals surface area contributed by atoms with Crippen LogP contribution in [0.15, 0.2) is 0 Å². The number of aliphatic hydroxyl groups excluding tert-OH is 1. The fourth-order valence-electron chi connectivity index (χ4n) is 0.913. The molecule has 0 aliphatic heterocycles. The maximum atomic E-state index is 9.53. The summed E-state index contributed by atoms with van der Waals surface area (Å²) in [5.41, 5.74) is 0. The molecule has 12 heavy (non-hydrogen) atoms. The minimum absolute atomic E-state index is 0.0974. The Bertz CT molecular complexity index is 90.0. The molecule has 0 saturated heterocycles. The molecule has 0 aliphatic carbocycles. The van der Waals surface area contributed by atoms with Crippen molar-refractivity contribution in [2.45, 2.75) is 51.9 Å². The van der Waals surface area contributed by atoms with Crippen LogP contribution < -0.4 is 0 Å². The first-order valence-electron chi connectivity index (χ1n) is 4.82. The summed E-state index contributed by atoms with van der Waals surface area (Å²) >= 11 is 1.84. The Morgan fingerprint density at radius 2 is 1.67 bits per heavy atom. The molecule has 0 rings (SSSR count). The Morgan fingerprint density at radius 3 is 2.08 bits per heavy atom. The molecule has 0 spiro atoms. The summed E-state index contributed by atoms with van der Waals surface area (Å²) in [5.74, 6) is 1.60. The molecule has 0 fully saturated rings. The molecule has 74 valence electrons. The zero-order valence-corrected chi connectivity index (χ0v) is 9.53. The van der Waals surface area contributed by atoms with Crippen molar-refractivity contribution in [2.75, 3.05) is 5.75 Å². The molecule has 0 aromatic carbocycles. The van der Waals surface area contributed by atoms with E-state index >= 15 is 0 Å². The van der Waals surface area contributed by atoms with E-state index in [1.165, 1.54) is 0 Å². The molecule has 1 nitrogen and oxygen atoms in total. The smallest absolute Gasteiger partial charge is 0.0630 e. The van der Waals surface area contributed by atoms with Crippen LogP contribution in [0.2, 0.25) is 0 Å². The largest absolute Gasteiger partial charge is 0.392 e. The zero-order valence-electron chi connectivity index (χ0n) is 8.71. The lowest BCUT2D eigenvalue weighted by Crippen LogP contribution is -2.12. The summed E-state index contributed by atoms with van der Waals surface area (Å²) in [5, 5.41) is 10.2. The minimum Gasteiger partial charge on any atom is -0.392 e. The second-order valence-electron chi connectivity index (χ2n) is 4.01. The highest BCUT2D eigenvalue weighted by atomic mass is 32.2. The average molecular weight is 190 g/mol. The van der Waals surface area contributed by atoms with E-state index in [2.05, 4.69) is 27.7 Å². The zero-order chi connectivity index (χ0) is 9.56. The van der Waals surface area contributed by atoms with Gasteiger partial charge in [0.05, 0.1) is 6.10 Å². The van der Waals surface area contributed by atoms with E-state index in [0.717, 1.165) is 18.6 Å². The highest BCUT2D eigenvalue weighted by molar-refractivity contribution is 7.99. The number of rotatable bonds is 6. The quantitative estimate of drug-likeness (QED) is 0.695. The third-order valence-corrected chi connectivity index (χ3v) is 2.94. The second kappa shape index (κ2) is 6.79. The van der Waals surface area contributed by atoms with Gasteiger partial charge in [0.15, 0.2) is 0 Å². The molecule has 1 atom stereocenters. The topological polar surface area (TPSA) is 20.2 Å². The van der Waals surface area contributed by atoms with Gasteiger partial charge >= 0.3 is 0 Å². The van der Waals surface area contributed by atoms with Gasteiger partial charge in [0.1, 0.15) is 0 Å². The molecule has 0 heterocycles. The highest BCUT2D eigenvalue weighted by Gasteiger charge is 2.06. The van der Waals surface area contributed by atoms with Gasteiger partial charge in [-0.1, -0.05) is 27.7 Å². The van der Waals surface area contributed by atoms with Crippen molar-refractivity contribution in [3.8, 4) is 0 Å². The lowest BCUT2D eigenvalue weighted by Gasteiger charge is -2.12. The van der Waals surface area contributed by atoms with E-state index in [1.54, 1.807) is 0 Å². The molecular formula is C10H22OS. The summed E-state index contributed by atoms with van der Waals surface area (Å²) in [6, 6.07) is 0. The van der Waals surface area contributed by atoms with Crippen molar-refractivity contribution in [2.24, 2.45) is 5.92 Å². The molecule has 0 saturated carbocycles.